The Kier molecular flexibility index (Phi) is 6.11. The number of aryl methyl sites for hydroxylation is 1. The van der Waals surface area contributed by atoms with Crippen LogP contribution in [0.15, 0.2) is 18.2 Å². The Morgan fingerprint density at radius 1 is 1.33 bits per heavy atom. The molecule has 0 spiro atoms. The van der Waals surface area contributed by atoms with Crippen LogP contribution in [0.4, 0.5) is 0 Å². The van der Waals surface area contributed by atoms with Crippen molar-refractivity contribution in [1.82, 2.24) is 0 Å². The van der Waals surface area contributed by atoms with E-state index in [9.17, 15) is 9.59 Å². The SMILES string of the molecule is CCOC(=O)c1cc(I)ccc1CCC(=O)OC. The van der Waals surface area contributed by atoms with Gasteiger partial charge in [-0.2, -0.15) is 0 Å². The monoisotopic (exact) mass is 362 g/mol. The van der Waals surface area contributed by atoms with Crippen LogP contribution in [0.5, 0.6) is 0 Å². The Morgan fingerprint density at radius 3 is 2.67 bits per heavy atom. The van der Waals surface area contributed by atoms with E-state index in [1.165, 1.54) is 7.11 Å². The zero-order valence-electron chi connectivity index (χ0n) is 10.4. The van der Waals surface area contributed by atoms with Crippen molar-refractivity contribution in [2.24, 2.45) is 0 Å². The lowest BCUT2D eigenvalue weighted by Gasteiger charge is -2.09. The van der Waals surface area contributed by atoms with Crippen molar-refractivity contribution in [2.45, 2.75) is 19.8 Å². The predicted octanol–water partition coefficient (Wildman–Crippen LogP) is 2.57. The van der Waals surface area contributed by atoms with Crippen LogP contribution >= 0.6 is 22.6 Å². The number of halogens is 1. The minimum atomic E-state index is -0.351. The quantitative estimate of drug-likeness (QED) is 0.597. The van der Waals surface area contributed by atoms with Gasteiger partial charge in [0.15, 0.2) is 0 Å². The fourth-order valence-electron chi connectivity index (χ4n) is 1.50. The van der Waals surface area contributed by atoms with E-state index in [1.54, 1.807) is 13.0 Å². The highest BCUT2D eigenvalue weighted by Crippen LogP contribution is 2.17. The van der Waals surface area contributed by atoms with Crippen molar-refractivity contribution in [1.29, 1.82) is 0 Å². The third-order valence-corrected chi connectivity index (χ3v) is 3.06. The van der Waals surface area contributed by atoms with Gasteiger partial charge < -0.3 is 9.47 Å². The van der Waals surface area contributed by atoms with Crippen molar-refractivity contribution >= 4 is 34.5 Å². The first-order valence-electron chi connectivity index (χ1n) is 5.60. The molecule has 1 aromatic rings. The van der Waals surface area contributed by atoms with Crippen LogP contribution in [0.1, 0.15) is 29.3 Å². The number of esters is 2. The molecule has 0 aliphatic rings. The second-order valence-corrected chi connectivity index (χ2v) is 4.84. The molecule has 0 aliphatic carbocycles. The Morgan fingerprint density at radius 2 is 2.06 bits per heavy atom. The summed E-state index contributed by atoms with van der Waals surface area (Å²) in [5.74, 6) is -0.640. The molecule has 0 N–H and O–H groups in total. The minimum Gasteiger partial charge on any atom is -0.469 e. The van der Waals surface area contributed by atoms with Crippen LogP contribution in [-0.4, -0.2) is 25.7 Å². The summed E-state index contributed by atoms with van der Waals surface area (Å²) in [6, 6.07) is 5.51. The van der Waals surface area contributed by atoms with Crippen LogP contribution in [-0.2, 0) is 20.7 Å². The smallest absolute Gasteiger partial charge is 0.338 e. The molecule has 0 radical (unpaired) electrons. The highest BCUT2D eigenvalue weighted by atomic mass is 127. The fourth-order valence-corrected chi connectivity index (χ4v) is 2.00. The maximum atomic E-state index is 11.8. The van der Waals surface area contributed by atoms with Crippen LogP contribution in [0, 0.1) is 3.57 Å². The van der Waals surface area contributed by atoms with E-state index in [1.807, 2.05) is 12.1 Å². The van der Waals surface area contributed by atoms with Crippen LogP contribution in [0.3, 0.4) is 0 Å². The van der Waals surface area contributed by atoms with Crippen LogP contribution in [0.25, 0.3) is 0 Å². The molecule has 0 aromatic heterocycles. The van der Waals surface area contributed by atoms with Gasteiger partial charge in [0.25, 0.3) is 0 Å². The van der Waals surface area contributed by atoms with Crippen molar-refractivity contribution in [3.63, 3.8) is 0 Å². The molecule has 0 saturated heterocycles. The third-order valence-electron chi connectivity index (χ3n) is 2.39. The Hall–Kier alpha value is -1.11. The molecule has 0 atom stereocenters. The van der Waals surface area contributed by atoms with Crippen molar-refractivity contribution < 1.29 is 19.1 Å². The van der Waals surface area contributed by atoms with E-state index in [2.05, 4.69) is 27.3 Å². The first kappa shape index (κ1) is 14.9. The standard InChI is InChI=1S/C13H15IO4/c1-3-18-13(16)11-8-10(14)6-4-9(11)5-7-12(15)17-2/h4,6,8H,3,5,7H2,1-2H3. The van der Waals surface area contributed by atoms with Gasteiger partial charge in [-0.1, -0.05) is 6.07 Å². The average molecular weight is 362 g/mol. The number of ether oxygens (including phenoxy) is 2. The molecule has 98 valence electrons. The normalized spacial score (nSPS) is 9.94. The number of methoxy groups -OCH3 is 1. The van der Waals surface area contributed by atoms with Gasteiger partial charge in [0.1, 0.15) is 0 Å². The number of benzene rings is 1. The molecule has 5 heteroatoms. The van der Waals surface area contributed by atoms with E-state index in [-0.39, 0.29) is 18.4 Å². The second-order valence-electron chi connectivity index (χ2n) is 3.60. The first-order chi connectivity index (χ1) is 8.58. The molecule has 0 amide bonds. The van der Waals surface area contributed by atoms with Gasteiger partial charge in [0, 0.05) is 9.99 Å². The lowest BCUT2D eigenvalue weighted by atomic mass is 10.0. The zero-order valence-corrected chi connectivity index (χ0v) is 12.5. The van der Waals surface area contributed by atoms with Gasteiger partial charge in [-0.3, -0.25) is 4.79 Å². The summed E-state index contributed by atoms with van der Waals surface area (Å²) >= 11 is 2.13. The lowest BCUT2D eigenvalue weighted by Crippen LogP contribution is -2.10. The number of carbonyl (C=O) groups is 2. The molecule has 0 fully saturated rings. The topological polar surface area (TPSA) is 52.6 Å². The van der Waals surface area contributed by atoms with Gasteiger partial charge in [-0.15, -0.1) is 0 Å². The first-order valence-corrected chi connectivity index (χ1v) is 6.68. The van der Waals surface area contributed by atoms with E-state index >= 15 is 0 Å². The predicted molar refractivity (Wildman–Crippen MR) is 75.5 cm³/mol. The minimum absolute atomic E-state index is 0.253. The van der Waals surface area contributed by atoms with Gasteiger partial charge in [0.2, 0.25) is 0 Å². The Labute approximate surface area is 120 Å². The second kappa shape index (κ2) is 7.35. The summed E-state index contributed by atoms with van der Waals surface area (Å²) < 4.78 is 10.5. The highest BCUT2D eigenvalue weighted by molar-refractivity contribution is 14.1. The fraction of sp³-hybridized carbons (Fsp3) is 0.385. The summed E-state index contributed by atoms with van der Waals surface area (Å²) in [7, 11) is 1.35. The number of hydrogen-bond acceptors (Lipinski definition) is 4. The Bertz CT molecular complexity index is 443. The van der Waals surface area contributed by atoms with E-state index in [0.717, 1.165) is 9.13 Å². The molecule has 0 unspecified atom stereocenters. The molecule has 18 heavy (non-hydrogen) atoms. The van der Waals surface area contributed by atoms with Crippen molar-refractivity contribution in [2.75, 3.05) is 13.7 Å². The molecular weight excluding hydrogens is 347 g/mol. The Balaban J connectivity index is 2.89. The molecule has 0 aliphatic heterocycles. The van der Waals surface area contributed by atoms with Crippen LogP contribution in [0.2, 0.25) is 0 Å². The summed E-state index contributed by atoms with van der Waals surface area (Å²) in [4.78, 5) is 22.9. The summed E-state index contributed by atoms with van der Waals surface area (Å²) in [5, 5.41) is 0. The summed E-state index contributed by atoms with van der Waals surface area (Å²) in [6.07, 6.45) is 0.723. The van der Waals surface area contributed by atoms with Gasteiger partial charge in [-0.25, -0.2) is 4.79 Å². The van der Waals surface area contributed by atoms with E-state index < -0.39 is 0 Å². The molecule has 0 bridgehead atoms. The lowest BCUT2D eigenvalue weighted by molar-refractivity contribution is -0.140. The zero-order chi connectivity index (χ0) is 13.5. The number of rotatable bonds is 5. The van der Waals surface area contributed by atoms with Crippen molar-refractivity contribution in [3.8, 4) is 0 Å². The molecule has 4 nitrogen and oxygen atoms in total. The molecular formula is C13H15IO4. The third kappa shape index (κ3) is 4.29. The molecule has 1 aromatic carbocycles. The van der Waals surface area contributed by atoms with Gasteiger partial charge in [0.05, 0.1) is 19.3 Å². The average Bonchev–Trinajstić information content (AvgIpc) is 2.37. The molecule has 0 saturated carbocycles. The maximum Gasteiger partial charge on any atom is 0.338 e. The summed E-state index contributed by atoms with van der Waals surface area (Å²) in [6.45, 7) is 2.10. The van der Waals surface area contributed by atoms with Gasteiger partial charge >= 0.3 is 11.9 Å². The van der Waals surface area contributed by atoms with E-state index in [4.69, 9.17) is 4.74 Å². The highest BCUT2D eigenvalue weighted by Gasteiger charge is 2.14. The van der Waals surface area contributed by atoms with Gasteiger partial charge in [-0.05, 0) is 53.6 Å². The maximum absolute atomic E-state index is 11.8. The number of carbonyl (C=O) groups excluding carboxylic acids is 2. The van der Waals surface area contributed by atoms with Crippen LogP contribution < -0.4 is 0 Å². The molecule has 0 heterocycles. The number of hydrogen-bond donors (Lipinski definition) is 0. The van der Waals surface area contributed by atoms with E-state index in [0.29, 0.717) is 18.6 Å². The van der Waals surface area contributed by atoms with Crippen molar-refractivity contribution in [3.05, 3.63) is 32.9 Å². The largest absolute Gasteiger partial charge is 0.469 e. The summed E-state index contributed by atoms with van der Waals surface area (Å²) in [5.41, 5.74) is 1.33. The molecule has 1 rings (SSSR count).